The molecule has 0 amide bonds. The standard InChI is InChI=1S/C36H34O4/c1-3-5-7-9-15-25-39-35-27-32(24-22-30-18-12-14-20-34(30)38)36(40-26-16-10-8-6-4-2)28-31(35)23-21-29-17-11-13-19-33(29)37/h11-14,17-20,27-28,37-38H,3-8,25-26H2,1-2H3. The van der Waals surface area contributed by atoms with Gasteiger partial charge in [-0.05, 0) is 37.1 Å². The van der Waals surface area contributed by atoms with E-state index in [0.717, 1.165) is 38.5 Å². The van der Waals surface area contributed by atoms with Gasteiger partial charge < -0.3 is 19.7 Å². The largest absolute Gasteiger partial charge is 0.507 e. The van der Waals surface area contributed by atoms with E-state index in [1.54, 1.807) is 48.5 Å². The summed E-state index contributed by atoms with van der Waals surface area (Å²) >= 11 is 0. The van der Waals surface area contributed by atoms with Crippen molar-refractivity contribution in [2.24, 2.45) is 0 Å². The van der Waals surface area contributed by atoms with E-state index >= 15 is 0 Å². The SMILES string of the molecule is CCCCC#CCOc1cc(C#Cc2ccccc2O)c(OCC#CCCCC)cc1C#Cc1ccccc1O. The molecule has 0 bridgehead atoms. The number of ether oxygens (including phenoxy) is 2. The predicted octanol–water partition coefficient (Wildman–Crippen LogP) is 7.04. The Kier molecular flexibility index (Phi) is 12.5. The smallest absolute Gasteiger partial charge is 0.149 e. The number of unbranched alkanes of at least 4 members (excludes halogenated alkanes) is 4. The van der Waals surface area contributed by atoms with Crippen LogP contribution in [0.25, 0.3) is 0 Å². The van der Waals surface area contributed by atoms with Gasteiger partial charge in [0.15, 0.2) is 0 Å². The zero-order valence-electron chi connectivity index (χ0n) is 23.1. The van der Waals surface area contributed by atoms with Crippen molar-refractivity contribution < 1.29 is 19.7 Å². The van der Waals surface area contributed by atoms with Crippen LogP contribution < -0.4 is 9.47 Å². The van der Waals surface area contributed by atoms with Crippen molar-refractivity contribution in [3.63, 3.8) is 0 Å². The van der Waals surface area contributed by atoms with Crippen LogP contribution in [0.2, 0.25) is 0 Å². The maximum absolute atomic E-state index is 10.2. The minimum absolute atomic E-state index is 0.100. The maximum atomic E-state index is 10.2. The first-order valence-corrected chi connectivity index (χ1v) is 13.6. The molecule has 0 aromatic heterocycles. The molecule has 4 nitrogen and oxygen atoms in total. The number of phenolic OH excluding ortho intramolecular Hbond substituents is 2. The van der Waals surface area contributed by atoms with Crippen LogP contribution in [0.3, 0.4) is 0 Å². The highest BCUT2D eigenvalue weighted by Crippen LogP contribution is 2.29. The van der Waals surface area contributed by atoms with Gasteiger partial charge in [0, 0.05) is 25.0 Å². The summed E-state index contributed by atoms with van der Waals surface area (Å²) in [6, 6.07) is 17.4. The monoisotopic (exact) mass is 530 g/mol. The van der Waals surface area contributed by atoms with Gasteiger partial charge in [-0.3, -0.25) is 0 Å². The predicted molar refractivity (Wildman–Crippen MR) is 160 cm³/mol. The fourth-order valence-electron chi connectivity index (χ4n) is 3.46. The van der Waals surface area contributed by atoms with Gasteiger partial charge in [0.25, 0.3) is 0 Å². The molecule has 0 saturated carbocycles. The summed E-state index contributed by atoms with van der Waals surface area (Å²) in [5.41, 5.74) is 2.14. The Hall–Kier alpha value is -4.90. The second kappa shape index (κ2) is 16.8. The van der Waals surface area contributed by atoms with Crippen LogP contribution >= 0.6 is 0 Å². The lowest BCUT2D eigenvalue weighted by molar-refractivity contribution is 0.358. The minimum Gasteiger partial charge on any atom is -0.507 e. The molecule has 4 heteroatoms. The van der Waals surface area contributed by atoms with Crippen LogP contribution in [0, 0.1) is 47.4 Å². The van der Waals surface area contributed by atoms with E-state index < -0.39 is 0 Å². The van der Waals surface area contributed by atoms with Crippen LogP contribution in [0.5, 0.6) is 23.0 Å². The lowest BCUT2D eigenvalue weighted by Gasteiger charge is -2.11. The van der Waals surface area contributed by atoms with E-state index in [4.69, 9.17) is 9.47 Å². The van der Waals surface area contributed by atoms with Gasteiger partial charge in [-0.25, -0.2) is 0 Å². The molecule has 0 fully saturated rings. The van der Waals surface area contributed by atoms with Crippen molar-refractivity contribution in [3.8, 4) is 70.4 Å². The Morgan fingerprint density at radius 3 is 1.35 bits per heavy atom. The Balaban J connectivity index is 2.02. The molecule has 0 aliphatic carbocycles. The number of benzene rings is 3. The number of phenols is 2. The average Bonchev–Trinajstić information content (AvgIpc) is 2.96. The summed E-state index contributed by atoms with van der Waals surface area (Å²) in [4.78, 5) is 0. The fraction of sp³-hybridized carbons (Fsp3) is 0.278. The zero-order valence-corrected chi connectivity index (χ0v) is 23.1. The first-order chi connectivity index (χ1) is 19.6. The Labute approximate surface area is 238 Å². The van der Waals surface area contributed by atoms with Gasteiger partial charge in [0.05, 0.1) is 22.3 Å². The van der Waals surface area contributed by atoms with Crippen molar-refractivity contribution in [2.75, 3.05) is 13.2 Å². The number of hydrogen-bond donors (Lipinski definition) is 2. The Bertz CT molecular complexity index is 1400. The molecule has 3 rings (SSSR count). The molecule has 0 heterocycles. The molecule has 3 aromatic rings. The molecule has 0 aliphatic rings. The van der Waals surface area contributed by atoms with Gasteiger partial charge in [-0.15, -0.1) is 0 Å². The molecule has 0 radical (unpaired) electrons. The summed E-state index contributed by atoms with van der Waals surface area (Å²) < 4.78 is 12.1. The Morgan fingerprint density at radius 2 is 0.950 bits per heavy atom. The number of rotatable bonds is 8. The topological polar surface area (TPSA) is 58.9 Å². The van der Waals surface area contributed by atoms with Crippen molar-refractivity contribution >= 4 is 0 Å². The van der Waals surface area contributed by atoms with E-state index in [1.165, 1.54) is 0 Å². The van der Waals surface area contributed by atoms with Crippen molar-refractivity contribution in [2.45, 2.75) is 52.4 Å². The maximum Gasteiger partial charge on any atom is 0.149 e. The molecule has 0 atom stereocenters. The van der Waals surface area contributed by atoms with Crippen molar-refractivity contribution in [1.29, 1.82) is 0 Å². The van der Waals surface area contributed by atoms with E-state index in [9.17, 15) is 10.2 Å². The second-order valence-corrected chi connectivity index (χ2v) is 8.87. The molecule has 0 aliphatic heterocycles. The highest BCUT2D eigenvalue weighted by molar-refractivity contribution is 5.62. The van der Waals surface area contributed by atoms with Gasteiger partial charge in [-0.1, -0.05) is 98.3 Å². The van der Waals surface area contributed by atoms with Crippen LogP contribution in [0.4, 0.5) is 0 Å². The molecule has 0 saturated heterocycles. The number of para-hydroxylation sites is 2. The molecular formula is C36H34O4. The average molecular weight is 531 g/mol. The third-order valence-corrected chi connectivity index (χ3v) is 5.71. The van der Waals surface area contributed by atoms with Crippen LogP contribution in [0.1, 0.15) is 74.6 Å². The first kappa shape index (κ1) is 29.7. The summed E-state index contributed by atoms with van der Waals surface area (Å²) in [6.07, 6.45) is 5.91. The summed E-state index contributed by atoms with van der Waals surface area (Å²) in [5.74, 6) is 25.8. The zero-order chi connectivity index (χ0) is 28.4. The molecule has 3 aromatic carbocycles. The fourth-order valence-corrected chi connectivity index (χ4v) is 3.46. The molecule has 40 heavy (non-hydrogen) atoms. The normalized spacial score (nSPS) is 9.45. The summed E-state index contributed by atoms with van der Waals surface area (Å²) in [5, 5.41) is 20.4. The van der Waals surface area contributed by atoms with E-state index in [0.29, 0.717) is 33.8 Å². The van der Waals surface area contributed by atoms with Gasteiger partial charge >= 0.3 is 0 Å². The van der Waals surface area contributed by atoms with Crippen molar-refractivity contribution in [3.05, 3.63) is 82.9 Å². The molecule has 202 valence electrons. The first-order valence-electron chi connectivity index (χ1n) is 13.6. The third-order valence-electron chi connectivity index (χ3n) is 5.71. The number of hydrogen-bond acceptors (Lipinski definition) is 4. The molecule has 2 N–H and O–H groups in total. The van der Waals surface area contributed by atoms with Crippen molar-refractivity contribution in [1.82, 2.24) is 0 Å². The van der Waals surface area contributed by atoms with E-state index in [1.807, 2.05) is 12.1 Å². The number of aromatic hydroxyl groups is 2. The quantitative estimate of drug-likeness (QED) is 0.242. The van der Waals surface area contributed by atoms with Crippen LogP contribution in [0.15, 0.2) is 60.7 Å². The van der Waals surface area contributed by atoms with Crippen LogP contribution in [-0.4, -0.2) is 23.4 Å². The van der Waals surface area contributed by atoms with Gasteiger partial charge in [-0.2, -0.15) is 0 Å². The highest BCUT2D eigenvalue weighted by atomic mass is 16.5. The molecular weight excluding hydrogens is 496 g/mol. The summed E-state index contributed by atoms with van der Waals surface area (Å²) in [6.45, 7) is 4.66. The van der Waals surface area contributed by atoms with Gasteiger partial charge in [0.2, 0.25) is 0 Å². The molecule has 0 spiro atoms. The lowest BCUT2D eigenvalue weighted by atomic mass is 10.1. The highest BCUT2D eigenvalue weighted by Gasteiger charge is 2.11. The van der Waals surface area contributed by atoms with Gasteiger partial charge in [0.1, 0.15) is 36.2 Å². The lowest BCUT2D eigenvalue weighted by Crippen LogP contribution is -2.01. The van der Waals surface area contributed by atoms with E-state index in [2.05, 4.69) is 61.2 Å². The molecule has 0 unspecified atom stereocenters. The van der Waals surface area contributed by atoms with E-state index in [-0.39, 0.29) is 24.7 Å². The third kappa shape index (κ3) is 9.76. The van der Waals surface area contributed by atoms with Crippen LogP contribution in [-0.2, 0) is 0 Å². The summed E-state index contributed by atoms with van der Waals surface area (Å²) in [7, 11) is 0. The Morgan fingerprint density at radius 1 is 0.550 bits per heavy atom. The second-order valence-electron chi connectivity index (χ2n) is 8.87. The minimum atomic E-state index is 0.100.